The van der Waals surface area contributed by atoms with E-state index in [9.17, 15) is 26.3 Å². The summed E-state index contributed by atoms with van der Waals surface area (Å²) in [4.78, 5) is 4.13. The van der Waals surface area contributed by atoms with E-state index in [-0.39, 0.29) is 16.8 Å². The van der Waals surface area contributed by atoms with Crippen LogP contribution in [0.3, 0.4) is 0 Å². The number of para-hydroxylation sites is 2. The van der Waals surface area contributed by atoms with E-state index in [0.717, 1.165) is 6.07 Å². The maximum atomic E-state index is 12.7. The van der Waals surface area contributed by atoms with E-state index in [4.69, 9.17) is 0 Å². The van der Waals surface area contributed by atoms with Crippen LogP contribution in [0.1, 0.15) is 0 Å². The van der Waals surface area contributed by atoms with E-state index < -0.39 is 24.2 Å². The van der Waals surface area contributed by atoms with Gasteiger partial charge in [-0.25, -0.2) is 0 Å². The third-order valence-electron chi connectivity index (χ3n) is 3.65. The van der Waals surface area contributed by atoms with Gasteiger partial charge >= 0.3 is 12.7 Å². The van der Waals surface area contributed by atoms with Crippen molar-refractivity contribution >= 4 is 22.6 Å². The molecule has 0 aliphatic carbocycles. The lowest BCUT2D eigenvalue weighted by molar-refractivity contribution is -0.275. The van der Waals surface area contributed by atoms with Crippen LogP contribution in [0.25, 0.3) is 22.4 Å². The van der Waals surface area contributed by atoms with Gasteiger partial charge in [0.05, 0.1) is 5.69 Å². The summed E-state index contributed by atoms with van der Waals surface area (Å²) < 4.78 is 84.4. The van der Waals surface area contributed by atoms with Crippen LogP contribution in [0.15, 0.2) is 60.8 Å². The van der Waals surface area contributed by atoms with Gasteiger partial charge in [0.1, 0.15) is 11.5 Å². The van der Waals surface area contributed by atoms with Crippen molar-refractivity contribution in [2.75, 3.05) is 0 Å². The quantitative estimate of drug-likeness (QED) is 0.277. The molecule has 3 rings (SSSR count). The molecule has 0 radical (unpaired) electrons. The van der Waals surface area contributed by atoms with Crippen LogP contribution in [0.2, 0.25) is 0 Å². The van der Waals surface area contributed by atoms with Gasteiger partial charge in [-0.05, 0) is 46.9 Å². The van der Waals surface area contributed by atoms with Crippen molar-refractivity contribution in [3.8, 4) is 33.9 Å². The first kappa shape index (κ1) is 21.2. The second-order valence-corrected chi connectivity index (χ2v) is 6.80. The number of ether oxygens (including phenoxy) is 2. The molecule has 3 aromatic rings. The number of rotatable bonds is 4. The summed E-state index contributed by atoms with van der Waals surface area (Å²) in [7, 11) is 0. The van der Waals surface area contributed by atoms with Crippen LogP contribution in [-0.2, 0) is 0 Å². The molecule has 0 aliphatic heterocycles. The van der Waals surface area contributed by atoms with Gasteiger partial charge in [-0.1, -0.05) is 30.3 Å². The van der Waals surface area contributed by atoms with E-state index in [1.54, 1.807) is 0 Å². The van der Waals surface area contributed by atoms with Gasteiger partial charge in [-0.2, -0.15) is 0 Å². The first-order chi connectivity index (χ1) is 13.5. The summed E-state index contributed by atoms with van der Waals surface area (Å²) in [6.45, 7) is 0. The number of halogens is 7. The fourth-order valence-corrected chi connectivity index (χ4v) is 3.30. The first-order valence-electron chi connectivity index (χ1n) is 7.89. The van der Waals surface area contributed by atoms with Gasteiger partial charge in [-0.15, -0.1) is 26.3 Å². The fraction of sp³-hybridized carbons (Fsp3) is 0.105. The third-order valence-corrected chi connectivity index (χ3v) is 4.54. The molecular weight excluding hydrogens is 515 g/mol. The molecule has 0 fully saturated rings. The van der Waals surface area contributed by atoms with Gasteiger partial charge in [0.25, 0.3) is 0 Å². The molecule has 0 unspecified atom stereocenters. The van der Waals surface area contributed by atoms with Crippen molar-refractivity contribution in [2.45, 2.75) is 12.7 Å². The Morgan fingerprint density at radius 3 is 1.69 bits per heavy atom. The van der Waals surface area contributed by atoms with Gasteiger partial charge in [-0.3, -0.25) is 4.98 Å². The highest BCUT2D eigenvalue weighted by Crippen LogP contribution is 2.38. The molecule has 29 heavy (non-hydrogen) atoms. The minimum atomic E-state index is -4.88. The fourth-order valence-electron chi connectivity index (χ4n) is 2.57. The maximum absolute atomic E-state index is 12.7. The highest BCUT2D eigenvalue weighted by molar-refractivity contribution is 14.1. The van der Waals surface area contributed by atoms with E-state index in [2.05, 4.69) is 14.5 Å². The molecule has 0 saturated carbocycles. The molecule has 3 nitrogen and oxygen atoms in total. The predicted octanol–water partition coefficient (Wildman–Crippen LogP) is 6.82. The molecule has 2 aromatic carbocycles. The smallest absolute Gasteiger partial charge is 0.405 e. The highest BCUT2D eigenvalue weighted by atomic mass is 127. The monoisotopic (exact) mass is 525 g/mol. The lowest BCUT2D eigenvalue weighted by atomic mass is 10.0. The number of hydrogen-bond acceptors (Lipinski definition) is 3. The number of nitrogens with zero attached hydrogens (tertiary/aromatic N) is 1. The van der Waals surface area contributed by atoms with Crippen molar-refractivity contribution in [2.24, 2.45) is 0 Å². The summed E-state index contributed by atoms with van der Waals surface area (Å²) >= 11 is 1.87. The SMILES string of the molecule is FC(F)(F)Oc1ccccc1-c1cc(I)c(-c2ccccc2OC(F)(F)F)cn1. The second-order valence-electron chi connectivity index (χ2n) is 5.64. The Balaban J connectivity index is 2.02. The number of hydrogen-bond donors (Lipinski definition) is 0. The summed E-state index contributed by atoms with van der Waals surface area (Å²) in [5, 5.41) is 0. The predicted molar refractivity (Wildman–Crippen MR) is 101 cm³/mol. The van der Waals surface area contributed by atoms with Crippen molar-refractivity contribution in [1.29, 1.82) is 0 Å². The highest BCUT2D eigenvalue weighted by Gasteiger charge is 2.33. The van der Waals surface area contributed by atoms with E-state index in [0.29, 0.717) is 9.13 Å². The first-order valence-corrected chi connectivity index (χ1v) is 8.97. The van der Waals surface area contributed by atoms with Crippen LogP contribution in [0.4, 0.5) is 26.3 Å². The number of pyridine rings is 1. The largest absolute Gasteiger partial charge is 0.573 e. The zero-order valence-corrected chi connectivity index (χ0v) is 16.3. The van der Waals surface area contributed by atoms with Gasteiger partial charge in [0, 0.05) is 26.5 Å². The average molecular weight is 525 g/mol. The Morgan fingerprint density at radius 1 is 0.690 bits per heavy atom. The lowest BCUT2D eigenvalue weighted by Crippen LogP contribution is -2.17. The van der Waals surface area contributed by atoms with Gasteiger partial charge < -0.3 is 9.47 Å². The Bertz CT molecular complexity index is 1020. The molecule has 1 heterocycles. The zero-order valence-electron chi connectivity index (χ0n) is 14.2. The van der Waals surface area contributed by atoms with Crippen molar-refractivity contribution < 1.29 is 35.8 Å². The normalized spacial score (nSPS) is 12.0. The van der Waals surface area contributed by atoms with Crippen molar-refractivity contribution in [3.05, 3.63) is 64.4 Å². The topological polar surface area (TPSA) is 31.4 Å². The minimum absolute atomic E-state index is 0.0918. The molecule has 0 N–H and O–H groups in total. The van der Waals surface area contributed by atoms with E-state index >= 15 is 0 Å². The van der Waals surface area contributed by atoms with Crippen LogP contribution in [0, 0.1) is 3.57 Å². The van der Waals surface area contributed by atoms with Crippen molar-refractivity contribution in [1.82, 2.24) is 4.98 Å². The van der Waals surface area contributed by atoms with Crippen LogP contribution < -0.4 is 9.47 Å². The number of aromatic nitrogens is 1. The van der Waals surface area contributed by atoms with Gasteiger partial charge in [0.2, 0.25) is 0 Å². The Kier molecular flexibility index (Phi) is 5.92. The Hall–Kier alpha value is -2.50. The Morgan fingerprint density at radius 2 is 1.17 bits per heavy atom. The van der Waals surface area contributed by atoms with Crippen LogP contribution >= 0.6 is 22.6 Å². The molecule has 1 aromatic heterocycles. The van der Waals surface area contributed by atoms with E-state index in [1.807, 2.05) is 22.6 Å². The molecule has 0 amide bonds. The second kappa shape index (κ2) is 8.09. The average Bonchev–Trinajstić information content (AvgIpc) is 2.60. The van der Waals surface area contributed by atoms with Crippen LogP contribution in [0.5, 0.6) is 11.5 Å². The zero-order chi connectivity index (χ0) is 21.2. The van der Waals surface area contributed by atoms with Crippen molar-refractivity contribution in [3.63, 3.8) is 0 Å². The summed E-state index contributed by atoms with van der Waals surface area (Å²) in [6, 6.07) is 12.4. The molecule has 10 heteroatoms. The number of alkyl halides is 6. The van der Waals surface area contributed by atoms with Gasteiger partial charge in [0.15, 0.2) is 0 Å². The molecule has 152 valence electrons. The van der Waals surface area contributed by atoms with E-state index in [1.165, 1.54) is 54.7 Å². The molecule has 0 bridgehead atoms. The molecule has 0 atom stereocenters. The third kappa shape index (κ3) is 5.52. The molecular formula is C19H10F6INO2. The lowest BCUT2D eigenvalue weighted by Gasteiger charge is -2.15. The molecule has 0 aliphatic rings. The number of benzene rings is 2. The summed E-state index contributed by atoms with van der Waals surface area (Å²) in [6.07, 6.45) is -8.47. The maximum Gasteiger partial charge on any atom is 0.573 e. The molecule has 0 saturated heterocycles. The Labute approximate surface area is 174 Å². The minimum Gasteiger partial charge on any atom is -0.405 e. The summed E-state index contributed by atoms with van der Waals surface area (Å²) in [5.74, 6) is -0.842. The van der Waals surface area contributed by atoms with Crippen LogP contribution in [-0.4, -0.2) is 17.7 Å². The standard InChI is InChI=1S/C19H10F6INO2/c20-18(21,22)28-16-7-3-1-5-11(16)13-10-27-15(9-14(13)26)12-6-2-4-8-17(12)29-19(23,24)25/h1-10H. The summed E-state index contributed by atoms with van der Waals surface area (Å²) in [5.41, 5.74) is 0.748. The molecule has 0 spiro atoms.